The Morgan fingerprint density at radius 1 is 0.224 bits per heavy atom. The normalized spacial score (nSPS) is 16.4. The molecule has 1 saturated heterocycles. The van der Waals surface area contributed by atoms with Crippen molar-refractivity contribution in [2.45, 2.75) is 245 Å². The van der Waals surface area contributed by atoms with Crippen LogP contribution in [0.15, 0.2) is 0 Å². The Labute approximate surface area is 364 Å². The van der Waals surface area contributed by atoms with Crippen molar-refractivity contribution < 1.29 is 18.9 Å². The maximum absolute atomic E-state index is 6.00. The summed E-state index contributed by atoms with van der Waals surface area (Å²) in [5.74, 6) is 0. The van der Waals surface area contributed by atoms with E-state index in [1.807, 2.05) is 0 Å². The smallest absolute Gasteiger partial charge is 0.0701 e. The highest BCUT2D eigenvalue weighted by atomic mass is 16.5. The summed E-state index contributed by atoms with van der Waals surface area (Å²) in [5.41, 5.74) is 0. The highest BCUT2D eigenvalue weighted by molar-refractivity contribution is 4.61. The van der Waals surface area contributed by atoms with Crippen molar-refractivity contribution in [1.29, 1.82) is 0 Å². The van der Waals surface area contributed by atoms with Crippen LogP contribution in [0.1, 0.15) is 245 Å². The molecule has 6 heteroatoms. The Hall–Kier alpha value is -0.240. The molecule has 1 aliphatic rings. The first-order chi connectivity index (χ1) is 28.9. The topological polar surface area (TPSA) is 43.4 Å². The van der Waals surface area contributed by atoms with E-state index in [1.54, 1.807) is 0 Å². The molecule has 0 aromatic rings. The summed E-state index contributed by atoms with van der Waals surface area (Å²) in [6.45, 7) is 16.7. The van der Waals surface area contributed by atoms with Crippen LogP contribution in [0, 0.1) is 0 Å². The van der Waals surface area contributed by atoms with Gasteiger partial charge in [-0.05, 0) is 25.9 Å². The van der Waals surface area contributed by atoms with Crippen LogP contribution in [0.5, 0.6) is 0 Å². The lowest BCUT2D eigenvalue weighted by Gasteiger charge is -2.23. The predicted molar refractivity (Wildman–Crippen MR) is 254 cm³/mol. The summed E-state index contributed by atoms with van der Waals surface area (Å²) in [4.78, 5) is 5.07. The summed E-state index contributed by atoms with van der Waals surface area (Å²) in [6, 6.07) is 0. The molecule has 1 rings (SSSR count). The van der Waals surface area contributed by atoms with Gasteiger partial charge in [0.05, 0.1) is 52.9 Å². The van der Waals surface area contributed by atoms with Gasteiger partial charge < -0.3 is 18.9 Å². The molecule has 0 radical (unpaired) electrons. The van der Waals surface area contributed by atoms with Crippen LogP contribution in [-0.2, 0) is 18.9 Å². The van der Waals surface area contributed by atoms with Crippen molar-refractivity contribution in [1.82, 2.24) is 9.80 Å². The number of hydrogen-bond donors (Lipinski definition) is 0. The number of hydrogen-bond acceptors (Lipinski definition) is 6. The first-order valence-corrected chi connectivity index (χ1v) is 26.6. The summed E-state index contributed by atoms with van der Waals surface area (Å²) in [7, 11) is 0. The second-order valence-electron chi connectivity index (χ2n) is 18.2. The lowest BCUT2D eigenvalue weighted by molar-refractivity contribution is 0.00776. The molecule has 0 aliphatic carbocycles. The number of unbranched alkanes of at least 4 members (excludes halogenated alkanes) is 34. The van der Waals surface area contributed by atoms with Crippen LogP contribution < -0.4 is 0 Å². The lowest BCUT2D eigenvalue weighted by atomic mass is 10.0. The van der Waals surface area contributed by atoms with E-state index in [0.29, 0.717) is 26.4 Å². The van der Waals surface area contributed by atoms with Crippen LogP contribution in [0.4, 0.5) is 0 Å². The van der Waals surface area contributed by atoms with Crippen LogP contribution in [0.3, 0.4) is 0 Å². The van der Waals surface area contributed by atoms with E-state index in [2.05, 4.69) is 23.6 Å². The molecule has 0 aromatic heterocycles. The van der Waals surface area contributed by atoms with Gasteiger partial charge in [-0.15, -0.1) is 0 Å². The van der Waals surface area contributed by atoms with Gasteiger partial charge in [0.1, 0.15) is 0 Å². The van der Waals surface area contributed by atoms with Crippen molar-refractivity contribution in [3.05, 3.63) is 0 Å². The fraction of sp³-hybridized carbons (Fsp3) is 1.00. The number of rotatable bonds is 38. The first kappa shape index (κ1) is 55.8. The van der Waals surface area contributed by atoms with E-state index in [9.17, 15) is 0 Å². The van der Waals surface area contributed by atoms with Gasteiger partial charge in [-0.1, -0.05) is 232 Å². The van der Waals surface area contributed by atoms with E-state index in [0.717, 1.165) is 65.7 Å². The van der Waals surface area contributed by atoms with Crippen molar-refractivity contribution in [3.8, 4) is 0 Å². The number of ether oxygens (including phenoxy) is 4. The fourth-order valence-corrected chi connectivity index (χ4v) is 8.56. The Balaban J connectivity index is 2.00. The van der Waals surface area contributed by atoms with E-state index >= 15 is 0 Å². The molecule has 1 aliphatic heterocycles. The van der Waals surface area contributed by atoms with E-state index in [4.69, 9.17) is 18.9 Å². The molecule has 6 nitrogen and oxygen atoms in total. The third-order valence-electron chi connectivity index (χ3n) is 12.6. The first-order valence-electron chi connectivity index (χ1n) is 26.6. The average Bonchev–Trinajstić information content (AvgIpc) is 3.23. The molecule has 348 valence electrons. The van der Waals surface area contributed by atoms with Crippen LogP contribution >= 0.6 is 0 Å². The van der Waals surface area contributed by atoms with Gasteiger partial charge in [0, 0.05) is 26.2 Å². The molecule has 0 atom stereocenters. The van der Waals surface area contributed by atoms with Crippen LogP contribution in [0.25, 0.3) is 0 Å². The highest BCUT2D eigenvalue weighted by Gasteiger charge is 2.08. The van der Waals surface area contributed by atoms with Gasteiger partial charge in [0.15, 0.2) is 0 Å². The molecular formula is C52H106N2O4. The minimum atomic E-state index is 0.686. The zero-order valence-corrected chi connectivity index (χ0v) is 39.9. The van der Waals surface area contributed by atoms with Gasteiger partial charge in [0.25, 0.3) is 0 Å². The standard InChI is InChI=1S/C52H106N2O4/c1-3-5-7-9-11-13-15-17-19-21-23-25-27-29-31-33-35-37-39-53-41-45-55-49-51-57-47-43-54(44-48-58-52-50-56-46-42-53)40-38-36-34-32-30-28-26-24-22-20-18-16-14-12-10-8-6-4-2/h3-52H2,1-2H3. The molecule has 0 bridgehead atoms. The minimum Gasteiger partial charge on any atom is -0.378 e. The van der Waals surface area contributed by atoms with E-state index in [-0.39, 0.29) is 0 Å². The Kier molecular flexibility index (Phi) is 47.5. The Bertz CT molecular complexity index is 662. The van der Waals surface area contributed by atoms with Gasteiger partial charge in [-0.25, -0.2) is 0 Å². The fourth-order valence-electron chi connectivity index (χ4n) is 8.56. The van der Waals surface area contributed by atoms with Crippen LogP contribution in [0.2, 0.25) is 0 Å². The van der Waals surface area contributed by atoms with E-state index < -0.39 is 0 Å². The molecule has 0 unspecified atom stereocenters. The monoisotopic (exact) mass is 823 g/mol. The summed E-state index contributed by atoms with van der Waals surface area (Å²) >= 11 is 0. The third kappa shape index (κ3) is 43.8. The third-order valence-corrected chi connectivity index (χ3v) is 12.6. The second kappa shape index (κ2) is 49.4. The molecule has 0 spiro atoms. The zero-order chi connectivity index (χ0) is 41.3. The van der Waals surface area contributed by atoms with Crippen molar-refractivity contribution in [2.75, 3.05) is 92.1 Å². The van der Waals surface area contributed by atoms with Gasteiger partial charge in [-0.2, -0.15) is 0 Å². The molecule has 0 saturated carbocycles. The molecular weight excluding hydrogens is 717 g/mol. The summed E-state index contributed by atoms with van der Waals surface area (Å²) in [5, 5.41) is 0. The van der Waals surface area contributed by atoms with Crippen LogP contribution in [-0.4, -0.2) is 102 Å². The Morgan fingerprint density at radius 3 is 0.586 bits per heavy atom. The number of nitrogens with zero attached hydrogens (tertiary/aromatic N) is 2. The predicted octanol–water partition coefficient (Wildman–Crippen LogP) is 14.8. The second-order valence-corrected chi connectivity index (χ2v) is 18.2. The van der Waals surface area contributed by atoms with E-state index in [1.165, 1.54) is 231 Å². The van der Waals surface area contributed by atoms with Gasteiger partial charge in [-0.3, -0.25) is 9.80 Å². The molecule has 58 heavy (non-hydrogen) atoms. The average molecular weight is 823 g/mol. The van der Waals surface area contributed by atoms with Gasteiger partial charge in [0.2, 0.25) is 0 Å². The zero-order valence-electron chi connectivity index (χ0n) is 39.9. The molecule has 1 heterocycles. The summed E-state index contributed by atoms with van der Waals surface area (Å²) in [6.07, 6.45) is 51.2. The van der Waals surface area contributed by atoms with Crippen molar-refractivity contribution in [2.24, 2.45) is 0 Å². The largest absolute Gasteiger partial charge is 0.378 e. The Morgan fingerprint density at radius 2 is 0.397 bits per heavy atom. The summed E-state index contributed by atoms with van der Waals surface area (Å²) < 4.78 is 24.0. The van der Waals surface area contributed by atoms with Crippen molar-refractivity contribution >= 4 is 0 Å². The quantitative estimate of drug-likeness (QED) is 0.0578. The maximum Gasteiger partial charge on any atom is 0.0701 e. The highest BCUT2D eigenvalue weighted by Crippen LogP contribution is 2.16. The molecule has 1 fully saturated rings. The minimum absolute atomic E-state index is 0.686. The maximum atomic E-state index is 6.00. The SMILES string of the molecule is CCCCCCCCCCCCCCCCCCCCN1CCOCCOCCN(CCCCCCCCCCCCCCCCCCCC)CCOCCOCC1. The molecule has 0 aromatic carbocycles. The molecule has 0 N–H and O–H groups in total. The molecule has 0 amide bonds. The van der Waals surface area contributed by atoms with Crippen molar-refractivity contribution in [3.63, 3.8) is 0 Å². The van der Waals surface area contributed by atoms with Gasteiger partial charge >= 0.3 is 0 Å². The lowest BCUT2D eigenvalue weighted by Crippen LogP contribution is -2.34.